The van der Waals surface area contributed by atoms with Gasteiger partial charge in [0.25, 0.3) is 0 Å². The fourth-order valence-electron chi connectivity index (χ4n) is 2.69. The van der Waals surface area contributed by atoms with E-state index in [0.717, 1.165) is 5.56 Å². The van der Waals surface area contributed by atoms with Gasteiger partial charge in [-0.2, -0.15) is 0 Å². The highest BCUT2D eigenvalue weighted by Crippen LogP contribution is 2.33. The number of carboxylic acid groups (broad SMARTS) is 1. The van der Waals surface area contributed by atoms with Gasteiger partial charge >= 0.3 is 5.97 Å². The van der Waals surface area contributed by atoms with Crippen molar-refractivity contribution in [3.05, 3.63) is 52.5 Å². The molecule has 0 aliphatic rings. The van der Waals surface area contributed by atoms with Gasteiger partial charge in [-0.25, -0.2) is 4.79 Å². The smallest absolute Gasteiger partial charge is 0.341 e. The number of halogens is 1. The molecule has 152 valence electrons. The molecule has 28 heavy (non-hydrogen) atoms. The molecule has 0 unspecified atom stereocenters. The van der Waals surface area contributed by atoms with Crippen LogP contribution < -0.4 is 14.8 Å². The second kappa shape index (κ2) is 10.2. The molecule has 2 aromatic rings. The molecule has 0 aliphatic carbocycles. The van der Waals surface area contributed by atoms with Crippen molar-refractivity contribution in [2.45, 2.75) is 25.5 Å². The van der Waals surface area contributed by atoms with Gasteiger partial charge in [0.2, 0.25) is 0 Å². The van der Waals surface area contributed by atoms with E-state index in [4.69, 9.17) is 26.2 Å². The Hall–Kier alpha value is -2.48. The highest BCUT2D eigenvalue weighted by Gasteiger charge is 2.17. The minimum atomic E-state index is -1.09. The quantitative estimate of drug-likeness (QED) is 0.477. The van der Waals surface area contributed by atoms with Crippen LogP contribution in [0.2, 0.25) is 5.02 Å². The van der Waals surface area contributed by atoms with Crippen LogP contribution in [0.15, 0.2) is 36.4 Å². The molecule has 0 amide bonds. The normalized spacial score (nSPS) is 13.0. The molecule has 7 nitrogen and oxygen atoms in total. The number of hydrogen-bond acceptors (Lipinski definition) is 6. The number of phenolic OH excluding ortho intramolecular Hbond substituents is 1. The molecular formula is C20H24ClNO6. The molecule has 0 spiro atoms. The number of aliphatic hydroxyl groups excluding tert-OH is 1. The Morgan fingerprint density at radius 1 is 1.21 bits per heavy atom. The molecule has 0 aromatic heterocycles. The Bertz CT molecular complexity index is 796. The maximum absolute atomic E-state index is 10.7. The number of hydrogen-bond donors (Lipinski definition) is 4. The number of aliphatic hydroxyl groups is 1. The zero-order valence-electron chi connectivity index (χ0n) is 15.7. The standard InChI is InChI=1S/C20H24ClNO6/c1-12(20(26)13-3-5-15(23)6-4-13)22-8-7-14-9-17(27-2)18(10-16(14)21)28-11-19(24)25/h3-6,9-10,12,20,22-23,26H,7-8,11H2,1-2H3,(H,24,25)/t12-,20-/m0/s1. The molecule has 2 atom stereocenters. The summed E-state index contributed by atoms with van der Waals surface area (Å²) in [7, 11) is 1.47. The fraction of sp³-hybridized carbons (Fsp3) is 0.350. The Kier molecular flexibility index (Phi) is 7.92. The van der Waals surface area contributed by atoms with Crippen molar-refractivity contribution in [2.75, 3.05) is 20.3 Å². The molecule has 0 aliphatic heterocycles. The van der Waals surface area contributed by atoms with E-state index in [9.17, 15) is 15.0 Å². The molecular weight excluding hydrogens is 386 g/mol. The minimum absolute atomic E-state index is 0.149. The van der Waals surface area contributed by atoms with Gasteiger partial charge in [-0.05, 0) is 49.2 Å². The minimum Gasteiger partial charge on any atom is -0.508 e. The third-order valence-corrected chi connectivity index (χ3v) is 4.60. The van der Waals surface area contributed by atoms with Crippen LogP contribution in [0.3, 0.4) is 0 Å². The van der Waals surface area contributed by atoms with Gasteiger partial charge in [0.1, 0.15) is 5.75 Å². The Morgan fingerprint density at radius 2 is 1.89 bits per heavy atom. The Labute approximate surface area is 168 Å². The maximum Gasteiger partial charge on any atom is 0.341 e. The molecule has 0 radical (unpaired) electrons. The zero-order chi connectivity index (χ0) is 20.7. The van der Waals surface area contributed by atoms with Crippen LogP contribution in [-0.4, -0.2) is 47.6 Å². The summed E-state index contributed by atoms with van der Waals surface area (Å²) >= 11 is 6.28. The first-order valence-electron chi connectivity index (χ1n) is 8.73. The second-order valence-corrected chi connectivity index (χ2v) is 6.71. The van der Waals surface area contributed by atoms with Crippen LogP contribution in [0.4, 0.5) is 0 Å². The third kappa shape index (κ3) is 6.02. The first kappa shape index (κ1) is 21.8. The van der Waals surface area contributed by atoms with Crippen LogP contribution in [0, 0.1) is 0 Å². The van der Waals surface area contributed by atoms with Gasteiger partial charge in [-0.1, -0.05) is 23.7 Å². The van der Waals surface area contributed by atoms with E-state index in [1.54, 1.807) is 18.2 Å². The van der Waals surface area contributed by atoms with Crippen molar-refractivity contribution in [1.82, 2.24) is 5.32 Å². The molecule has 8 heteroatoms. The third-order valence-electron chi connectivity index (χ3n) is 4.25. The summed E-state index contributed by atoms with van der Waals surface area (Å²) in [4.78, 5) is 10.7. The molecule has 0 fully saturated rings. The molecule has 0 bridgehead atoms. The molecule has 2 rings (SSSR count). The van der Waals surface area contributed by atoms with Crippen molar-refractivity contribution in [3.8, 4) is 17.2 Å². The Morgan fingerprint density at radius 3 is 2.50 bits per heavy atom. The number of carbonyl (C=O) groups is 1. The van der Waals surface area contributed by atoms with Gasteiger partial charge in [0.15, 0.2) is 18.1 Å². The van der Waals surface area contributed by atoms with Crippen molar-refractivity contribution in [3.63, 3.8) is 0 Å². The van der Waals surface area contributed by atoms with Crippen LogP contribution in [0.1, 0.15) is 24.2 Å². The van der Waals surface area contributed by atoms with Crippen molar-refractivity contribution >= 4 is 17.6 Å². The maximum atomic E-state index is 10.7. The summed E-state index contributed by atoms with van der Waals surface area (Å²) in [6.07, 6.45) is -0.154. The number of phenols is 1. The highest BCUT2D eigenvalue weighted by molar-refractivity contribution is 6.31. The van der Waals surface area contributed by atoms with Crippen LogP contribution in [-0.2, 0) is 11.2 Å². The van der Waals surface area contributed by atoms with Gasteiger partial charge in [-0.15, -0.1) is 0 Å². The van der Waals surface area contributed by atoms with Gasteiger partial charge in [0.05, 0.1) is 13.2 Å². The van der Waals surface area contributed by atoms with E-state index in [2.05, 4.69) is 5.32 Å². The van der Waals surface area contributed by atoms with Gasteiger partial charge < -0.3 is 30.1 Å². The first-order chi connectivity index (χ1) is 13.3. The topological polar surface area (TPSA) is 108 Å². The first-order valence-corrected chi connectivity index (χ1v) is 9.11. The Balaban J connectivity index is 1.96. The SMILES string of the molecule is COc1cc(CCN[C@@H](C)[C@H](O)c2ccc(O)cc2)c(Cl)cc1OCC(=O)O. The summed E-state index contributed by atoms with van der Waals surface area (Å²) < 4.78 is 10.4. The van der Waals surface area contributed by atoms with Crippen molar-refractivity contribution < 1.29 is 29.6 Å². The van der Waals surface area contributed by atoms with E-state index < -0.39 is 18.7 Å². The van der Waals surface area contributed by atoms with Crippen LogP contribution >= 0.6 is 11.6 Å². The number of carboxylic acids is 1. The largest absolute Gasteiger partial charge is 0.508 e. The summed E-state index contributed by atoms with van der Waals surface area (Å²) in [6.45, 7) is 1.93. The lowest BCUT2D eigenvalue weighted by Crippen LogP contribution is -2.33. The average Bonchev–Trinajstić information content (AvgIpc) is 2.67. The monoisotopic (exact) mass is 409 g/mol. The molecule has 0 saturated heterocycles. The lowest BCUT2D eigenvalue weighted by atomic mass is 10.0. The van der Waals surface area contributed by atoms with E-state index >= 15 is 0 Å². The van der Waals surface area contributed by atoms with E-state index in [1.165, 1.54) is 25.3 Å². The number of ether oxygens (including phenoxy) is 2. The number of methoxy groups -OCH3 is 1. The summed E-state index contributed by atoms with van der Waals surface area (Å²) in [5.41, 5.74) is 1.51. The number of aliphatic carboxylic acids is 1. The molecule has 4 N–H and O–H groups in total. The summed E-state index contributed by atoms with van der Waals surface area (Å²) in [5, 5.41) is 32.1. The van der Waals surface area contributed by atoms with Gasteiger partial charge in [0, 0.05) is 17.1 Å². The van der Waals surface area contributed by atoms with E-state index in [-0.39, 0.29) is 17.5 Å². The highest BCUT2D eigenvalue weighted by atomic mass is 35.5. The average molecular weight is 410 g/mol. The zero-order valence-corrected chi connectivity index (χ0v) is 16.4. The predicted molar refractivity (Wildman–Crippen MR) is 105 cm³/mol. The number of benzene rings is 2. The van der Waals surface area contributed by atoms with Crippen molar-refractivity contribution in [2.24, 2.45) is 0 Å². The van der Waals surface area contributed by atoms with E-state index in [0.29, 0.717) is 29.3 Å². The second-order valence-electron chi connectivity index (χ2n) is 6.31. The number of rotatable bonds is 10. The lowest BCUT2D eigenvalue weighted by molar-refractivity contribution is -0.139. The summed E-state index contributed by atoms with van der Waals surface area (Å²) in [5.74, 6) is -0.274. The van der Waals surface area contributed by atoms with Crippen LogP contribution in [0.5, 0.6) is 17.2 Å². The number of aromatic hydroxyl groups is 1. The lowest BCUT2D eigenvalue weighted by Gasteiger charge is -2.21. The molecule has 2 aromatic carbocycles. The van der Waals surface area contributed by atoms with Gasteiger partial charge in [-0.3, -0.25) is 0 Å². The van der Waals surface area contributed by atoms with E-state index in [1.807, 2.05) is 6.92 Å². The molecule has 0 heterocycles. The van der Waals surface area contributed by atoms with Crippen LogP contribution in [0.25, 0.3) is 0 Å². The predicted octanol–water partition coefficient (Wildman–Crippen LogP) is 2.77. The fourth-order valence-corrected chi connectivity index (χ4v) is 2.94. The molecule has 0 saturated carbocycles. The van der Waals surface area contributed by atoms with Crippen molar-refractivity contribution in [1.29, 1.82) is 0 Å². The number of nitrogens with one attached hydrogen (secondary N) is 1. The summed E-state index contributed by atoms with van der Waals surface area (Å²) in [6, 6.07) is 9.45.